The number of halogens is 1. The predicted octanol–water partition coefficient (Wildman–Crippen LogP) is 2.58. The van der Waals surface area contributed by atoms with E-state index in [2.05, 4.69) is 56.9 Å². The van der Waals surface area contributed by atoms with Crippen LogP contribution in [0.3, 0.4) is 0 Å². The Kier molecular flexibility index (Phi) is 2.54. The fourth-order valence-electron chi connectivity index (χ4n) is 1.45. The topological polar surface area (TPSA) is 37.8 Å². The SMILES string of the molecule is CNc1ncnc2c(C)c(I)ccc12. The van der Waals surface area contributed by atoms with Gasteiger partial charge in [0.25, 0.3) is 0 Å². The van der Waals surface area contributed by atoms with Crippen molar-refractivity contribution in [1.29, 1.82) is 0 Å². The molecule has 2 aromatic rings. The Balaban J connectivity index is 2.86. The molecule has 0 radical (unpaired) electrons. The molecule has 1 aromatic carbocycles. The van der Waals surface area contributed by atoms with E-state index in [0.29, 0.717) is 0 Å². The molecule has 3 nitrogen and oxygen atoms in total. The number of hydrogen-bond donors (Lipinski definition) is 1. The van der Waals surface area contributed by atoms with E-state index in [-0.39, 0.29) is 0 Å². The van der Waals surface area contributed by atoms with Crippen LogP contribution < -0.4 is 5.32 Å². The van der Waals surface area contributed by atoms with Crippen LogP contribution in [0.5, 0.6) is 0 Å². The summed E-state index contributed by atoms with van der Waals surface area (Å²) in [6.07, 6.45) is 1.59. The molecule has 0 atom stereocenters. The van der Waals surface area contributed by atoms with E-state index in [1.54, 1.807) is 6.33 Å². The molecule has 72 valence electrons. The summed E-state index contributed by atoms with van der Waals surface area (Å²) in [5.41, 5.74) is 2.23. The van der Waals surface area contributed by atoms with E-state index in [0.717, 1.165) is 16.7 Å². The molecule has 2 rings (SSSR count). The molecule has 0 saturated heterocycles. The molecular formula is C10H10IN3. The van der Waals surface area contributed by atoms with E-state index in [1.807, 2.05) is 7.05 Å². The zero-order chi connectivity index (χ0) is 10.1. The molecule has 0 saturated carbocycles. The van der Waals surface area contributed by atoms with E-state index in [9.17, 15) is 0 Å². The molecule has 0 bridgehead atoms. The molecule has 0 fully saturated rings. The largest absolute Gasteiger partial charge is 0.373 e. The maximum atomic E-state index is 4.29. The number of nitrogens with zero attached hydrogens (tertiary/aromatic N) is 2. The Hall–Kier alpha value is -0.910. The number of nitrogens with one attached hydrogen (secondary N) is 1. The van der Waals surface area contributed by atoms with Gasteiger partial charge >= 0.3 is 0 Å². The monoisotopic (exact) mass is 299 g/mol. The van der Waals surface area contributed by atoms with Crippen LogP contribution in [0.25, 0.3) is 10.9 Å². The standard InChI is InChI=1S/C10H10IN3/c1-6-8(11)4-3-7-9(6)13-5-14-10(7)12-2/h3-5H,1-2H3,(H,12,13,14). The number of fused-ring (bicyclic) bond motifs is 1. The van der Waals surface area contributed by atoms with Crippen LogP contribution in [-0.2, 0) is 0 Å². The van der Waals surface area contributed by atoms with E-state index >= 15 is 0 Å². The molecule has 0 unspecified atom stereocenters. The fraction of sp³-hybridized carbons (Fsp3) is 0.200. The van der Waals surface area contributed by atoms with Gasteiger partial charge in [-0.1, -0.05) is 0 Å². The number of aryl methyl sites for hydroxylation is 1. The summed E-state index contributed by atoms with van der Waals surface area (Å²) in [6, 6.07) is 4.14. The minimum absolute atomic E-state index is 0.884. The van der Waals surface area contributed by atoms with Crippen LogP contribution in [0.15, 0.2) is 18.5 Å². The van der Waals surface area contributed by atoms with Crippen molar-refractivity contribution in [3.8, 4) is 0 Å². The van der Waals surface area contributed by atoms with Crippen LogP contribution >= 0.6 is 22.6 Å². The zero-order valence-corrected chi connectivity index (χ0v) is 10.2. The highest BCUT2D eigenvalue weighted by Crippen LogP contribution is 2.24. The van der Waals surface area contributed by atoms with Crippen molar-refractivity contribution >= 4 is 39.3 Å². The Morgan fingerprint density at radius 3 is 2.79 bits per heavy atom. The molecular weight excluding hydrogens is 289 g/mol. The van der Waals surface area contributed by atoms with Crippen molar-refractivity contribution in [2.24, 2.45) is 0 Å². The first-order valence-electron chi connectivity index (χ1n) is 4.31. The minimum atomic E-state index is 0.884. The number of aromatic nitrogens is 2. The molecule has 0 spiro atoms. The normalized spacial score (nSPS) is 10.5. The number of benzene rings is 1. The lowest BCUT2D eigenvalue weighted by Crippen LogP contribution is -1.96. The summed E-state index contributed by atoms with van der Waals surface area (Å²) in [7, 11) is 1.87. The Bertz CT molecular complexity index is 482. The third-order valence-corrected chi connectivity index (χ3v) is 3.40. The molecule has 1 aromatic heterocycles. The van der Waals surface area contributed by atoms with Crippen molar-refractivity contribution in [1.82, 2.24) is 9.97 Å². The molecule has 14 heavy (non-hydrogen) atoms. The lowest BCUT2D eigenvalue weighted by molar-refractivity contribution is 1.20. The van der Waals surface area contributed by atoms with Gasteiger partial charge in [0.15, 0.2) is 0 Å². The zero-order valence-electron chi connectivity index (χ0n) is 8.00. The maximum absolute atomic E-state index is 4.29. The van der Waals surface area contributed by atoms with Crippen LogP contribution in [-0.4, -0.2) is 17.0 Å². The summed E-state index contributed by atoms with van der Waals surface area (Å²) in [4.78, 5) is 8.47. The molecule has 0 amide bonds. The highest BCUT2D eigenvalue weighted by Gasteiger charge is 2.05. The van der Waals surface area contributed by atoms with Crippen molar-refractivity contribution < 1.29 is 0 Å². The van der Waals surface area contributed by atoms with Crippen molar-refractivity contribution in [3.63, 3.8) is 0 Å². The fourth-order valence-corrected chi connectivity index (χ4v) is 1.88. The highest BCUT2D eigenvalue weighted by atomic mass is 127. The minimum Gasteiger partial charge on any atom is -0.373 e. The van der Waals surface area contributed by atoms with Crippen molar-refractivity contribution in [2.45, 2.75) is 6.92 Å². The second-order valence-electron chi connectivity index (χ2n) is 3.04. The maximum Gasteiger partial charge on any atom is 0.137 e. The van der Waals surface area contributed by atoms with Crippen molar-refractivity contribution in [3.05, 3.63) is 27.6 Å². The molecule has 1 N–H and O–H groups in total. The Labute approximate surface area is 96.1 Å². The summed E-state index contributed by atoms with van der Waals surface area (Å²) in [5.74, 6) is 0.884. The molecule has 4 heteroatoms. The van der Waals surface area contributed by atoms with Gasteiger partial charge in [-0.15, -0.1) is 0 Å². The second-order valence-corrected chi connectivity index (χ2v) is 4.20. The predicted molar refractivity (Wildman–Crippen MR) is 66.5 cm³/mol. The van der Waals surface area contributed by atoms with E-state index in [1.165, 1.54) is 9.13 Å². The lowest BCUT2D eigenvalue weighted by atomic mass is 10.1. The van der Waals surface area contributed by atoms with Crippen molar-refractivity contribution in [2.75, 3.05) is 12.4 Å². The van der Waals surface area contributed by atoms with Crippen LogP contribution in [0, 0.1) is 10.5 Å². The quantitative estimate of drug-likeness (QED) is 0.823. The average Bonchev–Trinajstić information content (AvgIpc) is 2.23. The third-order valence-electron chi connectivity index (χ3n) is 2.23. The van der Waals surface area contributed by atoms with E-state index < -0.39 is 0 Å². The van der Waals surface area contributed by atoms with Gasteiger partial charge < -0.3 is 5.32 Å². The van der Waals surface area contributed by atoms with Crippen LogP contribution in [0.2, 0.25) is 0 Å². The summed E-state index contributed by atoms with van der Waals surface area (Å²) in [5, 5.41) is 4.14. The summed E-state index contributed by atoms with van der Waals surface area (Å²) >= 11 is 2.32. The van der Waals surface area contributed by atoms with Gasteiger partial charge in [0, 0.05) is 16.0 Å². The third kappa shape index (κ3) is 1.43. The van der Waals surface area contributed by atoms with Gasteiger partial charge in [0.1, 0.15) is 12.1 Å². The van der Waals surface area contributed by atoms with Gasteiger partial charge in [-0.2, -0.15) is 0 Å². The van der Waals surface area contributed by atoms with Gasteiger partial charge in [0.2, 0.25) is 0 Å². The smallest absolute Gasteiger partial charge is 0.137 e. The first-order valence-corrected chi connectivity index (χ1v) is 5.39. The van der Waals surface area contributed by atoms with Crippen LogP contribution in [0.4, 0.5) is 5.82 Å². The number of hydrogen-bond acceptors (Lipinski definition) is 3. The van der Waals surface area contributed by atoms with Gasteiger partial charge in [-0.3, -0.25) is 0 Å². The highest BCUT2D eigenvalue weighted by molar-refractivity contribution is 14.1. The van der Waals surface area contributed by atoms with E-state index in [4.69, 9.17) is 0 Å². The molecule has 0 aliphatic heterocycles. The molecule has 1 heterocycles. The first kappa shape index (κ1) is 9.64. The number of anilines is 1. The molecule has 0 aliphatic rings. The molecule has 0 aliphatic carbocycles. The summed E-state index contributed by atoms with van der Waals surface area (Å²) < 4.78 is 1.23. The second kappa shape index (κ2) is 3.68. The van der Waals surface area contributed by atoms with Gasteiger partial charge in [-0.05, 0) is 47.2 Å². The number of rotatable bonds is 1. The first-order chi connectivity index (χ1) is 6.74. The average molecular weight is 299 g/mol. The van der Waals surface area contributed by atoms with Gasteiger partial charge in [-0.25, -0.2) is 9.97 Å². The Morgan fingerprint density at radius 2 is 2.07 bits per heavy atom. The summed E-state index contributed by atoms with van der Waals surface area (Å²) in [6.45, 7) is 2.08. The lowest BCUT2D eigenvalue weighted by Gasteiger charge is -2.06. The van der Waals surface area contributed by atoms with Crippen LogP contribution in [0.1, 0.15) is 5.56 Å². The van der Waals surface area contributed by atoms with Gasteiger partial charge in [0.05, 0.1) is 5.52 Å². The Morgan fingerprint density at radius 1 is 1.29 bits per heavy atom.